The van der Waals surface area contributed by atoms with Crippen molar-refractivity contribution in [2.24, 2.45) is 5.92 Å². The van der Waals surface area contributed by atoms with Crippen LogP contribution in [0.5, 0.6) is 0 Å². The maximum atomic E-state index is 3.80. The van der Waals surface area contributed by atoms with Gasteiger partial charge in [-0.1, -0.05) is 38.3 Å². The van der Waals surface area contributed by atoms with Crippen LogP contribution in [-0.4, -0.2) is 19.1 Å². The van der Waals surface area contributed by atoms with Crippen LogP contribution in [0, 0.1) is 5.92 Å². The molecule has 1 saturated carbocycles. The lowest BCUT2D eigenvalue weighted by atomic mass is 9.83. The molecule has 0 aliphatic heterocycles. The van der Waals surface area contributed by atoms with Gasteiger partial charge in [-0.25, -0.2) is 0 Å². The van der Waals surface area contributed by atoms with E-state index in [4.69, 9.17) is 0 Å². The van der Waals surface area contributed by atoms with Crippen LogP contribution in [-0.2, 0) is 6.54 Å². The van der Waals surface area contributed by atoms with Gasteiger partial charge in [0.05, 0.1) is 0 Å². The number of nitrogens with one attached hydrogen (secondary N) is 1. The zero-order valence-corrected chi connectivity index (χ0v) is 14.1. The van der Waals surface area contributed by atoms with Crippen molar-refractivity contribution < 1.29 is 0 Å². The zero-order chi connectivity index (χ0) is 15.1. The van der Waals surface area contributed by atoms with Gasteiger partial charge in [0.15, 0.2) is 0 Å². The lowest BCUT2D eigenvalue weighted by Gasteiger charge is -2.31. The molecule has 1 aromatic carbocycles. The fraction of sp³-hybridized carbons (Fsp3) is 0.684. The highest BCUT2D eigenvalue weighted by atomic mass is 15.1. The Kier molecular flexibility index (Phi) is 6.56. The van der Waals surface area contributed by atoms with E-state index in [1.165, 1.54) is 43.4 Å². The fourth-order valence-electron chi connectivity index (χ4n) is 3.63. The van der Waals surface area contributed by atoms with Gasteiger partial charge in [-0.15, -0.1) is 0 Å². The molecule has 0 radical (unpaired) electrons. The summed E-state index contributed by atoms with van der Waals surface area (Å²) in [5, 5.41) is 3.80. The van der Waals surface area contributed by atoms with Crippen molar-refractivity contribution in [2.45, 2.75) is 65.5 Å². The Morgan fingerprint density at radius 1 is 1.00 bits per heavy atom. The number of hydrogen-bond donors (Lipinski definition) is 1. The number of nitrogens with zero attached hydrogens (tertiary/aromatic N) is 1. The van der Waals surface area contributed by atoms with E-state index in [0.29, 0.717) is 0 Å². The molecule has 2 unspecified atom stereocenters. The second-order valence-corrected chi connectivity index (χ2v) is 6.28. The maximum Gasteiger partial charge on any atom is 0.0366 e. The van der Waals surface area contributed by atoms with E-state index in [2.05, 4.69) is 55.3 Å². The highest BCUT2D eigenvalue weighted by Gasteiger charge is 2.22. The summed E-state index contributed by atoms with van der Waals surface area (Å²) in [5.74, 6) is 0.883. The maximum absolute atomic E-state index is 3.80. The first-order valence-electron chi connectivity index (χ1n) is 8.85. The summed E-state index contributed by atoms with van der Waals surface area (Å²) in [6.45, 7) is 9.94. The molecule has 1 N–H and O–H groups in total. The number of rotatable bonds is 7. The van der Waals surface area contributed by atoms with Gasteiger partial charge in [-0.3, -0.25) is 0 Å². The minimum atomic E-state index is 0.728. The molecule has 2 heteroatoms. The molecule has 2 rings (SSSR count). The van der Waals surface area contributed by atoms with Gasteiger partial charge in [-0.2, -0.15) is 0 Å². The van der Waals surface area contributed by atoms with E-state index in [1.807, 2.05) is 0 Å². The van der Waals surface area contributed by atoms with Gasteiger partial charge in [0.2, 0.25) is 0 Å². The van der Waals surface area contributed by atoms with Crippen molar-refractivity contribution in [1.82, 2.24) is 5.32 Å². The fourth-order valence-corrected chi connectivity index (χ4v) is 3.63. The number of anilines is 1. The van der Waals surface area contributed by atoms with Crippen molar-refractivity contribution >= 4 is 5.69 Å². The second kappa shape index (κ2) is 8.43. The molecule has 1 fully saturated rings. The minimum absolute atomic E-state index is 0.728. The summed E-state index contributed by atoms with van der Waals surface area (Å²) < 4.78 is 0. The Balaban J connectivity index is 1.88. The Morgan fingerprint density at radius 2 is 1.67 bits per heavy atom. The first kappa shape index (κ1) is 16.4. The van der Waals surface area contributed by atoms with Gasteiger partial charge < -0.3 is 10.2 Å². The van der Waals surface area contributed by atoms with Crippen molar-refractivity contribution in [1.29, 1.82) is 0 Å². The van der Waals surface area contributed by atoms with E-state index in [1.54, 1.807) is 0 Å². The van der Waals surface area contributed by atoms with Crippen LogP contribution in [0.1, 0.15) is 58.4 Å². The van der Waals surface area contributed by atoms with Crippen molar-refractivity contribution in [3.63, 3.8) is 0 Å². The third kappa shape index (κ3) is 4.47. The lowest BCUT2D eigenvalue weighted by molar-refractivity contribution is 0.254. The van der Waals surface area contributed by atoms with E-state index < -0.39 is 0 Å². The molecule has 0 saturated heterocycles. The molecule has 0 heterocycles. The average molecular weight is 288 g/mol. The predicted molar refractivity (Wildman–Crippen MR) is 92.9 cm³/mol. The van der Waals surface area contributed by atoms with Crippen molar-refractivity contribution in [3.05, 3.63) is 29.8 Å². The van der Waals surface area contributed by atoms with Crippen LogP contribution in [0.3, 0.4) is 0 Å². The molecule has 1 aliphatic carbocycles. The lowest BCUT2D eigenvalue weighted by Crippen LogP contribution is -2.37. The van der Waals surface area contributed by atoms with Crippen LogP contribution in [0.2, 0.25) is 0 Å². The van der Waals surface area contributed by atoms with E-state index in [9.17, 15) is 0 Å². The molecule has 0 aromatic heterocycles. The Labute approximate surface area is 130 Å². The van der Waals surface area contributed by atoms with E-state index in [0.717, 1.165) is 31.6 Å². The molecular formula is C19H32N2. The molecular weight excluding hydrogens is 256 g/mol. The van der Waals surface area contributed by atoms with Crippen LogP contribution < -0.4 is 10.2 Å². The predicted octanol–water partition coefficient (Wildman–Crippen LogP) is 4.59. The molecule has 21 heavy (non-hydrogen) atoms. The molecule has 2 nitrogen and oxygen atoms in total. The Hall–Kier alpha value is -1.02. The third-order valence-corrected chi connectivity index (χ3v) is 5.07. The van der Waals surface area contributed by atoms with Crippen molar-refractivity contribution in [2.75, 3.05) is 18.0 Å². The monoisotopic (exact) mass is 288 g/mol. The summed E-state index contributed by atoms with van der Waals surface area (Å²) in [6.07, 6.45) is 6.91. The van der Waals surface area contributed by atoms with Gasteiger partial charge >= 0.3 is 0 Å². The third-order valence-electron chi connectivity index (χ3n) is 5.07. The highest BCUT2D eigenvalue weighted by Crippen LogP contribution is 2.27. The normalized spacial score (nSPS) is 22.2. The molecule has 118 valence electrons. The summed E-state index contributed by atoms with van der Waals surface area (Å²) in [5.41, 5.74) is 2.75. The van der Waals surface area contributed by atoms with Gasteiger partial charge in [-0.05, 0) is 50.3 Å². The van der Waals surface area contributed by atoms with Crippen LogP contribution >= 0.6 is 0 Å². The number of hydrogen-bond acceptors (Lipinski definition) is 2. The molecule has 1 aliphatic rings. The van der Waals surface area contributed by atoms with Crippen LogP contribution in [0.15, 0.2) is 24.3 Å². The van der Waals surface area contributed by atoms with Crippen LogP contribution in [0.25, 0.3) is 0 Å². The smallest absolute Gasteiger partial charge is 0.0366 e. The summed E-state index contributed by atoms with van der Waals surface area (Å²) >= 11 is 0. The largest absolute Gasteiger partial charge is 0.372 e. The van der Waals surface area contributed by atoms with Gasteiger partial charge in [0, 0.05) is 31.4 Å². The summed E-state index contributed by atoms with van der Waals surface area (Å²) in [6, 6.07) is 9.82. The highest BCUT2D eigenvalue weighted by molar-refractivity contribution is 5.47. The minimum Gasteiger partial charge on any atom is -0.372 e. The van der Waals surface area contributed by atoms with Crippen molar-refractivity contribution in [3.8, 4) is 0 Å². The van der Waals surface area contributed by atoms with Gasteiger partial charge in [0.25, 0.3) is 0 Å². The summed E-state index contributed by atoms with van der Waals surface area (Å²) in [4.78, 5) is 2.39. The zero-order valence-electron chi connectivity index (χ0n) is 14.1. The first-order valence-corrected chi connectivity index (χ1v) is 8.85. The number of benzene rings is 1. The average Bonchev–Trinajstić information content (AvgIpc) is 2.55. The van der Waals surface area contributed by atoms with Gasteiger partial charge in [0.1, 0.15) is 0 Å². The van der Waals surface area contributed by atoms with E-state index >= 15 is 0 Å². The SMILES string of the molecule is CCC1CCCCC1NCc1ccc(N(CC)CC)cc1. The standard InChI is InChI=1S/C19H32N2/c1-4-17-9-7-8-10-19(17)20-15-16-11-13-18(14-12-16)21(5-2)6-3/h11-14,17,19-20H,4-10,15H2,1-3H3. The molecule has 0 bridgehead atoms. The molecule has 2 atom stereocenters. The quantitative estimate of drug-likeness (QED) is 0.789. The Bertz CT molecular complexity index is 395. The first-order chi connectivity index (χ1) is 10.3. The van der Waals surface area contributed by atoms with Crippen LogP contribution in [0.4, 0.5) is 5.69 Å². The molecule has 0 amide bonds. The summed E-state index contributed by atoms with van der Waals surface area (Å²) in [7, 11) is 0. The topological polar surface area (TPSA) is 15.3 Å². The Morgan fingerprint density at radius 3 is 2.29 bits per heavy atom. The second-order valence-electron chi connectivity index (χ2n) is 6.28. The van der Waals surface area contributed by atoms with E-state index in [-0.39, 0.29) is 0 Å². The molecule has 1 aromatic rings. The molecule has 0 spiro atoms.